The average molecular weight is 201 g/mol. The van der Waals surface area contributed by atoms with Crippen LogP contribution in [0.4, 0.5) is 0 Å². The van der Waals surface area contributed by atoms with Crippen molar-refractivity contribution in [2.24, 2.45) is 16.5 Å². The number of aliphatic imine (C=N–C) groups is 1. The molecule has 0 aliphatic carbocycles. The number of hydrogen-bond donors (Lipinski definition) is 4. The number of hydrogen-bond acceptors (Lipinski definition) is 3. The van der Waals surface area contributed by atoms with Crippen LogP contribution < -0.4 is 22.1 Å². The summed E-state index contributed by atoms with van der Waals surface area (Å²) in [5.74, 6) is 0.264. The number of amides is 1. The van der Waals surface area contributed by atoms with Gasteiger partial charge in [-0.15, -0.1) is 0 Å². The molecular formula is C8H19N5O. The van der Waals surface area contributed by atoms with Crippen molar-refractivity contribution in [1.82, 2.24) is 10.6 Å². The van der Waals surface area contributed by atoms with Gasteiger partial charge in [-0.3, -0.25) is 9.79 Å². The first-order valence-corrected chi connectivity index (χ1v) is 4.55. The minimum atomic E-state index is -0.548. The van der Waals surface area contributed by atoms with E-state index in [0.717, 1.165) is 12.4 Å². The lowest BCUT2D eigenvalue weighted by Gasteiger charge is -2.09. The number of carbonyl (C=O) groups is 1. The molecule has 0 fully saturated rings. The molecule has 0 saturated carbocycles. The first-order chi connectivity index (χ1) is 6.61. The molecule has 6 N–H and O–H groups in total. The zero-order chi connectivity index (χ0) is 11.0. The van der Waals surface area contributed by atoms with Crippen LogP contribution in [0, 0.1) is 0 Å². The van der Waals surface area contributed by atoms with Gasteiger partial charge < -0.3 is 22.1 Å². The zero-order valence-electron chi connectivity index (χ0n) is 8.71. The lowest BCUT2D eigenvalue weighted by molar-refractivity contribution is -0.119. The van der Waals surface area contributed by atoms with E-state index in [2.05, 4.69) is 15.6 Å². The highest BCUT2D eigenvalue weighted by atomic mass is 16.1. The molecule has 1 amide bonds. The molecule has 0 spiro atoms. The van der Waals surface area contributed by atoms with Crippen molar-refractivity contribution in [3.05, 3.63) is 0 Å². The topological polar surface area (TPSA) is 106 Å². The molecule has 6 nitrogen and oxygen atoms in total. The fourth-order valence-electron chi connectivity index (χ4n) is 0.950. The Morgan fingerprint density at radius 1 is 1.57 bits per heavy atom. The quantitative estimate of drug-likeness (QED) is 0.243. The Kier molecular flexibility index (Phi) is 6.47. The fourth-order valence-corrected chi connectivity index (χ4v) is 0.950. The van der Waals surface area contributed by atoms with E-state index in [9.17, 15) is 4.79 Å². The van der Waals surface area contributed by atoms with Crippen LogP contribution in [-0.4, -0.2) is 38.5 Å². The van der Waals surface area contributed by atoms with Crippen LogP contribution in [0.3, 0.4) is 0 Å². The van der Waals surface area contributed by atoms with Crippen LogP contribution in [0.2, 0.25) is 0 Å². The highest BCUT2D eigenvalue weighted by molar-refractivity contribution is 5.80. The average Bonchev–Trinajstić information content (AvgIpc) is 2.17. The number of primary amides is 1. The van der Waals surface area contributed by atoms with Gasteiger partial charge in [0, 0.05) is 20.6 Å². The van der Waals surface area contributed by atoms with E-state index in [4.69, 9.17) is 11.5 Å². The third-order valence-corrected chi connectivity index (χ3v) is 1.81. The van der Waals surface area contributed by atoms with E-state index in [1.54, 1.807) is 14.1 Å². The molecule has 0 aromatic heterocycles. The number of nitrogens with two attached hydrogens (primary N) is 2. The van der Waals surface area contributed by atoms with Crippen molar-refractivity contribution in [3.8, 4) is 0 Å². The molecule has 0 rings (SSSR count). The van der Waals surface area contributed by atoms with Gasteiger partial charge in [-0.05, 0) is 12.8 Å². The van der Waals surface area contributed by atoms with Gasteiger partial charge in [-0.25, -0.2) is 0 Å². The van der Waals surface area contributed by atoms with E-state index >= 15 is 0 Å². The Bertz CT molecular complexity index is 204. The van der Waals surface area contributed by atoms with Gasteiger partial charge in [-0.1, -0.05) is 0 Å². The van der Waals surface area contributed by atoms with Crippen molar-refractivity contribution >= 4 is 11.9 Å². The number of nitrogens with one attached hydrogen (secondary N) is 2. The van der Waals surface area contributed by atoms with Crippen molar-refractivity contribution < 1.29 is 4.79 Å². The standard InChI is InChI=1S/C8H19N5O/c1-11-8(12-2)13-5-3-4-6(9)7(10)14/h6H,3-5,9H2,1-2H3,(H2,10,14)(H2,11,12,13). The molecule has 0 aliphatic heterocycles. The van der Waals surface area contributed by atoms with Crippen LogP contribution in [0.15, 0.2) is 4.99 Å². The van der Waals surface area contributed by atoms with Crippen LogP contribution in [-0.2, 0) is 4.79 Å². The predicted octanol–water partition coefficient (Wildman–Crippen LogP) is -1.63. The molecule has 0 aliphatic rings. The number of carbonyl (C=O) groups excluding carboxylic acids is 1. The lowest BCUT2D eigenvalue weighted by atomic mass is 10.1. The Balaban J connectivity index is 3.51. The minimum Gasteiger partial charge on any atom is -0.368 e. The van der Waals surface area contributed by atoms with Gasteiger partial charge in [0.05, 0.1) is 6.04 Å². The highest BCUT2D eigenvalue weighted by Gasteiger charge is 2.07. The summed E-state index contributed by atoms with van der Waals surface area (Å²) in [6.07, 6.45) is 1.37. The van der Waals surface area contributed by atoms with E-state index in [-0.39, 0.29) is 0 Å². The Morgan fingerprint density at radius 3 is 2.64 bits per heavy atom. The zero-order valence-corrected chi connectivity index (χ0v) is 8.71. The monoisotopic (exact) mass is 201 g/mol. The molecule has 14 heavy (non-hydrogen) atoms. The fraction of sp³-hybridized carbons (Fsp3) is 0.750. The van der Waals surface area contributed by atoms with Gasteiger partial charge in [-0.2, -0.15) is 0 Å². The molecule has 0 radical (unpaired) electrons. The summed E-state index contributed by atoms with van der Waals surface area (Å²) in [6.45, 7) is 0.717. The summed E-state index contributed by atoms with van der Waals surface area (Å²) >= 11 is 0. The normalized spacial score (nSPS) is 13.5. The summed E-state index contributed by atoms with van der Waals surface area (Å²) < 4.78 is 0. The molecule has 0 heterocycles. The Morgan fingerprint density at radius 2 is 2.21 bits per heavy atom. The van der Waals surface area contributed by atoms with Gasteiger partial charge in [0.25, 0.3) is 0 Å². The first-order valence-electron chi connectivity index (χ1n) is 4.55. The molecular weight excluding hydrogens is 182 g/mol. The maximum absolute atomic E-state index is 10.6. The van der Waals surface area contributed by atoms with Crippen molar-refractivity contribution in [2.45, 2.75) is 18.9 Å². The third-order valence-electron chi connectivity index (χ3n) is 1.81. The second-order valence-electron chi connectivity index (χ2n) is 2.90. The van der Waals surface area contributed by atoms with Gasteiger partial charge in [0.15, 0.2) is 5.96 Å². The lowest BCUT2D eigenvalue weighted by Crippen LogP contribution is -2.38. The van der Waals surface area contributed by atoms with E-state index < -0.39 is 11.9 Å². The summed E-state index contributed by atoms with van der Waals surface area (Å²) in [4.78, 5) is 14.5. The largest absolute Gasteiger partial charge is 0.368 e. The molecule has 82 valence electrons. The Hall–Kier alpha value is -1.30. The van der Waals surface area contributed by atoms with Crippen LogP contribution in [0.5, 0.6) is 0 Å². The van der Waals surface area contributed by atoms with Crippen molar-refractivity contribution in [2.75, 3.05) is 20.6 Å². The SMILES string of the molecule is CN=C(NC)NCCCC(N)C(N)=O. The van der Waals surface area contributed by atoms with Gasteiger partial charge >= 0.3 is 0 Å². The number of nitrogens with zero attached hydrogens (tertiary/aromatic N) is 1. The van der Waals surface area contributed by atoms with E-state index in [0.29, 0.717) is 13.0 Å². The number of rotatable bonds is 5. The molecule has 6 heteroatoms. The highest BCUT2D eigenvalue weighted by Crippen LogP contribution is 1.91. The molecule has 0 aromatic carbocycles. The molecule has 1 atom stereocenters. The summed E-state index contributed by atoms with van der Waals surface area (Å²) in [5.41, 5.74) is 10.5. The summed E-state index contributed by atoms with van der Waals surface area (Å²) in [7, 11) is 3.47. The summed E-state index contributed by atoms with van der Waals surface area (Å²) in [6, 6.07) is -0.548. The Labute approximate surface area is 84.1 Å². The van der Waals surface area contributed by atoms with E-state index in [1.165, 1.54) is 0 Å². The summed E-state index contributed by atoms with van der Waals surface area (Å²) in [5, 5.41) is 5.92. The van der Waals surface area contributed by atoms with Crippen molar-refractivity contribution in [1.29, 1.82) is 0 Å². The molecule has 1 unspecified atom stereocenters. The third kappa shape index (κ3) is 5.36. The van der Waals surface area contributed by atoms with Crippen LogP contribution >= 0.6 is 0 Å². The van der Waals surface area contributed by atoms with Crippen molar-refractivity contribution in [3.63, 3.8) is 0 Å². The molecule has 0 bridgehead atoms. The van der Waals surface area contributed by atoms with Crippen LogP contribution in [0.1, 0.15) is 12.8 Å². The predicted molar refractivity (Wildman–Crippen MR) is 56.8 cm³/mol. The molecule has 0 saturated heterocycles. The second kappa shape index (κ2) is 7.14. The maximum Gasteiger partial charge on any atom is 0.234 e. The molecule has 0 aromatic rings. The minimum absolute atomic E-state index is 0.456. The van der Waals surface area contributed by atoms with Crippen LogP contribution in [0.25, 0.3) is 0 Å². The smallest absolute Gasteiger partial charge is 0.234 e. The van der Waals surface area contributed by atoms with E-state index in [1.807, 2.05) is 0 Å². The number of guanidine groups is 1. The van der Waals surface area contributed by atoms with Gasteiger partial charge in [0.2, 0.25) is 5.91 Å². The first kappa shape index (κ1) is 12.7. The second-order valence-corrected chi connectivity index (χ2v) is 2.90. The van der Waals surface area contributed by atoms with Gasteiger partial charge in [0.1, 0.15) is 0 Å². The maximum atomic E-state index is 10.6.